The predicted molar refractivity (Wildman–Crippen MR) is 56.1 cm³/mol. The number of nitrogens with one attached hydrogen (secondary N) is 1. The van der Waals surface area contributed by atoms with Gasteiger partial charge >= 0.3 is 0 Å². The second-order valence-corrected chi connectivity index (χ2v) is 3.50. The zero-order valence-corrected chi connectivity index (χ0v) is 9.21. The second kappa shape index (κ2) is 5.78. The van der Waals surface area contributed by atoms with E-state index in [4.69, 9.17) is 4.52 Å². The number of likely N-dealkylation sites (N-methyl/N-ethyl adjacent to an activating group) is 1. The van der Waals surface area contributed by atoms with Gasteiger partial charge in [0.05, 0.1) is 5.69 Å². The number of rotatable bonds is 6. The van der Waals surface area contributed by atoms with Crippen LogP contribution in [-0.2, 0) is 6.54 Å². The number of hydrogen-bond acceptors (Lipinski definition) is 4. The Morgan fingerprint density at radius 1 is 1.57 bits per heavy atom. The zero-order valence-electron chi connectivity index (χ0n) is 9.21. The maximum atomic E-state index is 4.96. The van der Waals surface area contributed by atoms with Crippen LogP contribution in [-0.4, -0.2) is 36.7 Å². The van der Waals surface area contributed by atoms with Crippen molar-refractivity contribution in [2.45, 2.75) is 20.4 Å². The Labute approximate surface area is 85.3 Å². The molecule has 0 bridgehead atoms. The van der Waals surface area contributed by atoms with E-state index in [1.807, 2.05) is 13.0 Å². The molecular formula is C10H19N3O. The van der Waals surface area contributed by atoms with Crippen molar-refractivity contribution in [3.8, 4) is 0 Å². The van der Waals surface area contributed by atoms with E-state index in [9.17, 15) is 0 Å². The normalized spacial score (nSPS) is 11.1. The van der Waals surface area contributed by atoms with Crippen LogP contribution in [0.1, 0.15) is 18.4 Å². The lowest BCUT2D eigenvalue weighted by molar-refractivity contribution is 0.346. The first kappa shape index (κ1) is 11.2. The summed E-state index contributed by atoms with van der Waals surface area (Å²) < 4.78 is 4.96. The summed E-state index contributed by atoms with van der Waals surface area (Å²) in [7, 11) is 2.11. The molecule has 0 spiro atoms. The van der Waals surface area contributed by atoms with Gasteiger partial charge in [-0.1, -0.05) is 12.1 Å². The first-order valence-electron chi connectivity index (χ1n) is 5.04. The molecule has 0 radical (unpaired) electrons. The van der Waals surface area contributed by atoms with Crippen LogP contribution >= 0.6 is 0 Å². The summed E-state index contributed by atoms with van der Waals surface area (Å²) >= 11 is 0. The Morgan fingerprint density at radius 2 is 2.36 bits per heavy atom. The van der Waals surface area contributed by atoms with Crippen LogP contribution in [0.4, 0.5) is 0 Å². The van der Waals surface area contributed by atoms with E-state index in [2.05, 4.69) is 29.3 Å². The number of hydrogen-bond donors (Lipinski definition) is 1. The van der Waals surface area contributed by atoms with E-state index in [1.165, 1.54) is 0 Å². The van der Waals surface area contributed by atoms with Gasteiger partial charge in [0, 0.05) is 25.7 Å². The Morgan fingerprint density at radius 3 is 2.93 bits per heavy atom. The van der Waals surface area contributed by atoms with Gasteiger partial charge in [0.1, 0.15) is 5.76 Å². The zero-order chi connectivity index (χ0) is 10.4. The van der Waals surface area contributed by atoms with Crippen molar-refractivity contribution in [3.63, 3.8) is 0 Å². The Kier molecular flexibility index (Phi) is 4.62. The topological polar surface area (TPSA) is 41.3 Å². The molecule has 0 saturated carbocycles. The summed E-state index contributed by atoms with van der Waals surface area (Å²) in [6.07, 6.45) is 0. The van der Waals surface area contributed by atoms with Gasteiger partial charge in [-0.15, -0.1) is 0 Å². The molecule has 1 rings (SSSR count). The van der Waals surface area contributed by atoms with E-state index in [-0.39, 0.29) is 0 Å². The van der Waals surface area contributed by atoms with Crippen LogP contribution in [0.15, 0.2) is 10.6 Å². The summed E-state index contributed by atoms with van der Waals surface area (Å²) in [6.45, 7) is 7.98. The van der Waals surface area contributed by atoms with E-state index in [0.717, 1.165) is 37.6 Å². The minimum Gasteiger partial charge on any atom is -0.361 e. The lowest BCUT2D eigenvalue weighted by Gasteiger charge is -2.13. The minimum absolute atomic E-state index is 0.787. The van der Waals surface area contributed by atoms with Gasteiger partial charge in [-0.3, -0.25) is 0 Å². The van der Waals surface area contributed by atoms with E-state index < -0.39 is 0 Å². The fourth-order valence-corrected chi connectivity index (χ4v) is 1.15. The minimum atomic E-state index is 0.787. The number of aryl methyl sites for hydroxylation is 1. The first-order valence-corrected chi connectivity index (χ1v) is 5.04. The Bertz CT molecular complexity index is 260. The molecule has 1 aromatic heterocycles. The molecule has 0 amide bonds. The smallest absolute Gasteiger partial charge is 0.133 e. The highest BCUT2D eigenvalue weighted by molar-refractivity contribution is 5.02. The van der Waals surface area contributed by atoms with Crippen molar-refractivity contribution in [3.05, 3.63) is 17.5 Å². The maximum absolute atomic E-state index is 4.96. The molecular weight excluding hydrogens is 178 g/mol. The van der Waals surface area contributed by atoms with Gasteiger partial charge in [-0.05, 0) is 20.5 Å². The molecule has 0 aliphatic heterocycles. The molecule has 1 N–H and O–H groups in total. The number of nitrogens with zero attached hydrogens (tertiary/aromatic N) is 2. The molecule has 4 nitrogen and oxygen atoms in total. The van der Waals surface area contributed by atoms with Gasteiger partial charge in [-0.25, -0.2) is 0 Å². The highest BCUT2D eigenvalue weighted by Gasteiger charge is 1.99. The molecule has 4 heteroatoms. The third kappa shape index (κ3) is 3.89. The lowest BCUT2D eigenvalue weighted by atomic mass is 10.4. The standard InChI is InChI=1S/C10H19N3O/c1-4-13(3)6-5-11-8-10-7-9(2)14-12-10/h7,11H,4-6,8H2,1-3H3. The Balaban J connectivity index is 2.10. The van der Waals surface area contributed by atoms with Gasteiger partial charge in [0.2, 0.25) is 0 Å². The summed E-state index contributed by atoms with van der Waals surface area (Å²) in [5.41, 5.74) is 0.974. The van der Waals surface area contributed by atoms with Gasteiger partial charge in [0.15, 0.2) is 0 Å². The maximum Gasteiger partial charge on any atom is 0.133 e. The fraction of sp³-hybridized carbons (Fsp3) is 0.700. The SMILES string of the molecule is CCN(C)CCNCc1cc(C)on1. The van der Waals surface area contributed by atoms with E-state index in [1.54, 1.807) is 0 Å². The van der Waals surface area contributed by atoms with Crippen molar-refractivity contribution in [2.75, 3.05) is 26.7 Å². The molecule has 0 aromatic carbocycles. The van der Waals surface area contributed by atoms with E-state index in [0.29, 0.717) is 0 Å². The predicted octanol–water partition coefficient (Wildman–Crippen LogP) is 1.02. The first-order chi connectivity index (χ1) is 6.72. The van der Waals surface area contributed by atoms with Gasteiger partial charge in [0.25, 0.3) is 0 Å². The van der Waals surface area contributed by atoms with Gasteiger partial charge in [-0.2, -0.15) is 0 Å². The molecule has 1 heterocycles. The molecule has 0 aliphatic carbocycles. The highest BCUT2D eigenvalue weighted by atomic mass is 16.5. The largest absolute Gasteiger partial charge is 0.361 e. The van der Waals surface area contributed by atoms with Crippen molar-refractivity contribution in [2.24, 2.45) is 0 Å². The van der Waals surface area contributed by atoms with Crippen molar-refractivity contribution in [1.29, 1.82) is 0 Å². The van der Waals surface area contributed by atoms with Crippen molar-refractivity contribution >= 4 is 0 Å². The summed E-state index contributed by atoms with van der Waals surface area (Å²) in [5.74, 6) is 0.868. The van der Waals surface area contributed by atoms with Crippen molar-refractivity contribution in [1.82, 2.24) is 15.4 Å². The monoisotopic (exact) mass is 197 g/mol. The number of aromatic nitrogens is 1. The molecule has 80 valence electrons. The molecule has 1 aromatic rings. The van der Waals surface area contributed by atoms with Crippen LogP contribution in [0.25, 0.3) is 0 Å². The van der Waals surface area contributed by atoms with Crippen LogP contribution in [0.2, 0.25) is 0 Å². The quantitative estimate of drug-likeness (QED) is 0.691. The van der Waals surface area contributed by atoms with Gasteiger partial charge < -0.3 is 14.7 Å². The van der Waals surface area contributed by atoms with Crippen LogP contribution in [0.5, 0.6) is 0 Å². The summed E-state index contributed by atoms with van der Waals surface area (Å²) in [4.78, 5) is 2.26. The lowest BCUT2D eigenvalue weighted by Crippen LogP contribution is -2.28. The summed E-state index contributed by atoms with van der Waals surface area (Å²) in [6, 6.07) is 1.95. The van der Waals surface area contributed by atoms with Crippen molar-refractivity contribution < 1.29 is 4.52 Å². The van der Waals surface area contributed by atoms with Crippen LogP contribution in [0, 0.1) is 6.92 Å². The fourth-order valence-electron chi connectivity index (χ4n) is 1.15. The molecule has 14 heavy (non-hydrogen) atoms. The molecule has 0 unspecified atom stereocenters. The average molecular weight is 197 g/mol. The third-order valence-electron chi connectivity index (χ3n) is 2.19. The third-order valence-corrected chi connectivity index (χ3v) is 2.19. The van der Waals surface area contributed by atoms with Crippen LogP contribution in [0.3, 0.4) is 0 Å². The van der Waals surface area contributed by atoms with Crippen LogP contribution < -0.4 is 5.32 Å². The second-order valence-electron chi connectivity index (χ2n) is 3.50. The molecule has 0 saturated heterocycles. The Hall–Kier alpha value is -0.870. The summed E-state index contributed by atoms with van der Waals surface area (Å²) in [5, 5.41) is 7.22. The van der Waals surface area contributed by atoms with E-state index >= 15 is 0 Å². The molecule has 0 fully saturated rings. The molecule has 0 atom stereocenters. The molecule has 0 aliphatic rings. The average Bonchev–Trinajstić information content (AvgIpc) is 2.58. The highest BCUT2D eigenvalue weighted by Crippen LogP contribution is 2.00.